The van der Waals surface area contributed by atoms with Gasteiger partial charge in [-0.25, -0.2) is 4.98 Å². The Hall–Kier alpha value is -2.30. The van der Waals surface area contributed by atoms with Crippen molar-refractivity contribution in [3.05, 3.63) is 54.4 Å². The summed E-state index contributed by atoms with van der Waals surface area (Å²) in [5.41, 5.74) is 1.29. The molecule has 17 heavy (non-hydrogen) atoms. The second-order valence-electron chi connectivity index (χ2n) is 3.46. The average Bonchev–Trinajstić information content (AvgIpc) is 2.33. The minimum absolute atomic E-state index is 0.189. The van der Waals surface area contributed by atoms with E-state index in [4.69, 9.17) is 0 Å². The fraction of sp³-hybridized carbons (Fsp3) is 0.0833. The molecular weight excluding hydrogens is 221 g/mol. The fourth-order valence-corrected chi connectivity index (χ4v) is 1.34. The number of carbonyl (C=O) groups is 1. The molecular formula is C12H10FN3O. The van der Waals surface area contributed by atoms with Crippen molar-refractivity contribution in [2.75, 3.05) is 5.32 Å². The van der Waals surface area contributed by atoms with Gasteiger partial charge in [-0.2, -0.15) is 4.39 Å². The number of rotatable bonds is 3. The summed E-state index contributed by atoms with van der Waals surface area (Å²) >= 11 is 0. The van der Waals surface area contributed by atoms with E-state index in [0.717, 1.165) is 5.56 Å². The van der Waals surface area contributed by atoms with Gasteiger partial charge in [0.1, 0.15) is 0 Å². The zero-order chi connectivity index (χ0) is 12.1. The van der Waals surface area contributed by atoms with Crippen LogP contribution in [0.3, 0.4) is 0 Å². The van der Waals surface area contributed by atoms with Crippen molar-refractivity contribution in [2.24, 2.45) is 0 Å². The molecule has 4 nitrogen and oxygen atoms in total. The molecule has 1 amide bonds. The highest BCUT2D eigenvalue weighted by Crippen LogP contribution is 2.06. The van der Waals surface area contributed by atoms with Crippen LogP contribution in [-0.2, 0) is 11.2 Å². The Bertz CT molecular complexity index is 499. The number of anilines is 1. The molecule has 0 fully saturated rings. The number of amides is 1. The highest BCUT2D eigenvalue weighted by molar-refractivity contribution is 5.91. The Morgan fingerprint density at radius 3 is 2.82 bits per heavy atom. The van der Waals surface area contributed by atoms with Gasteiger partial charge in [-0.1, -0.05) is 6.07 Å². The molecule has 0 radical (unpaired) electrons. The number of pyridine rings is 2. The normalized spacial score (nSPS) is 9.94. The lowest BCUT2D eigenvalue weighted by atomic mass is 10.2. The quantitative estimate of drug-likeness (QED) is 0.819. The van der Waals surface area contributed by atoms with E-state index in [9.17, 15) is 9.18 Å². The van der Waals surface area contributed by atoms with Crippen molar-refractivity contribution in [2.45, 2.75) is 6.42 Å². The Morgan fingerprint density at radius 2 is 2.18 bits per heavy atom. The van der Waals surface area contributed by atoms with E-state index in [1.165, 1.54) is 18.3 Å². The Kier molecular flexibility index (Phi) is 3.40. The van der Waals surface area contributed by atoms with E-state index < -0.39 is 5.95 Å². The van der Waals surface area contributed by atoms with Crippen molar-refractivity contribution in [1.82, 2.24) is 9.97 Å². The van der Waals surface area contributed by atoms with E-state index in [1.807, 2.05) is 6.07 Å². The molecule has 86 valence electrons. The summed E-state index contributed by atoms with van der Waals surface area (Å²) in [4.78, 5) is 19.0. The molecule has 0 aliphatic carbocycles. The monoisotopic (exact) mass is 231 g/mol. The molecule has 0 aromatic carbocycles. The minimum atomic E-state index is -0.574. The summed E-state index contributed by atoms with van der Waals surface area (Å²) in [7, 11) is 0. The largest absolute Gasteiger partial charge is 0.324 e. The molecule has 1 N–H and O–H groups in total. The number of aromatic nitrogens is 2. The molecule has 2 aromatic heterocycles. The van der Waals surface area contributed by atoms with Crippen molar-refractivity contribution in [3.63, 3.8) is 0 Å². The van der Waals surface area contributed by atoms with Gasteiger partial charge < -0.3 is 5.32 Å². The third-order valence-corrected chi connectivity index (χ3v) is 2.10. The minimum Gasteiger partial charge on any atom is -0.324 e. The first-order chi connectivity index (χ1) is 8.24. The van der Waals surface area contributed by atoms with Gasteiger partial charge in [-0.3, -0.25) is 9.78 Å². The van der Waals surface area contributed by atoms with Gasteiger partial charge in [-0.05, 0) is 23.8 Å². The van der Waals surface area contributed by atoms with E-state index in [-0.39, 0.29) is 12.3 Å². The summed E-state index contributed by atoms with van der Waals surface area (Å²) in [6.07, 6.45) is 4.77. The SMILES string of the molecule is O=C(Cc1cccnc1)Nc1ccc(F)nc1. The van der Waals surface area contributed by atoms with E-state index in [0.29, 0.717) is 5.69 Å². The van der Waals surface area contributed by atoms with Crippen molar-refractivity contribution >= 4 is 11.6 Å². The zero-order valence-electron chi connectivity index (χ0n) is 8.93. The van der Waals surface area contributed by atoms with Crippen LogP contribution in [0.2, 0.25) is 0 Å². The first-order valence-electron chi connectivity index (χ1n) is 5.04. The van der Waals surface area contributed by atoms with Crippen LogP contribution in [0.5, 0.6) is 0 Å². The third kappa shape index (κ3) is 3.34. The second kappa shape index (κ2) is 5.16. The summed E-state index contributed by atoms with van der Waals surface area (Å²) in [5, 5.41) is 2.62. The maximum Gasteiger partial charge on any atom is 0.228 e. The molecule has 2 aromatic rings. The van der Waals surface area contributed by atoms with E-state index in [2.05, 4.69) is 15.3 Å². The summed E-state index contributed by atoms with van der Waals surface area (Å²) in [6.45, 7) is 0. The number of halogens is 1. The lowest BCUT2D eigenvalue weighted by Gasteiger charge is -2.04. The lowest BCUT2D eigenvalue weighted by molar-refractivity contribution is -0.115. The molecule has 0 spiro atoms. The summed E-state index contributed by atoms with van der Waals surface area (Å²) < 4.78 is 12.5. The van der Waals surface area contributed by atoms with Gasteiger partial charge in [0.25, 0.3) is 0 Å². The zero-order valence-corrected chi connectivity index (χ0v) is 8.93. The number of nitrogens with one attached hydrogen (secondary N) is 1. The summed E-state index contributed by atoms with van der Waals surface area (Å²) in [5.74, 6) is -0.762. The second-order valence-corrected chi connectivity index (χ2v) is 3.46. The number of hydrogen-bond acceptors (Lipinski definition) is 3. The molecule has 0 atom stereocenters. The first kappa shape index (κ1) is 11.2. The number of hydrogen-bond donors (Lipinski definition) is 1. The molecule has 0 unspecified atom stereocenters. The van der Waals surface area contributed by atoms with Crippen molar-refractivity contribution in [1.29, 1.82) is 0 Å². The number of nitrogens with zero attached hydrogens (tertiary/aromatic N) is 2. The standard InChI is InChI=1S/C12H10FN3O/c13-11-4-3-10(8-15-11)16-12(17)6-9-2-1-5-14-7-9/h1-5,7-8H,6H2,(H,16,17). The lowest BCUT2D eigenvalue weighted by Crippen LogP contribution is -2.14. The number of carbonyl (C=O) groups excluding carboxylic acids is 1. The predicted octanol–water partition coefficient (Wildman–Crippen LogP) is 1.80. The van der Waals surface area contributed by atoms with Crippen LogP contribution in [0.1, 0.15) is 5.56 Å². The van der Waals surface area contributed by atoms with Gasteiger partial charge in [-0.15, -0.1) is 0 Å². The van der Waals surface area contributed by atoms with Crippen LogP contribution in [0.4, 0.5) is 10.1 Å². The van der Waals surface area contributed by atoms with Crippen LogP contribution < -0.4 is 5.32 Å². The van der Waals surface area contributed by atoms with Crippen molar-refractivity contribution in [3.8, 4) is 0 Å². The fourth-order valence-electron chi connectivity index (χ4n) is 1.34. The topological polar surface area (TPSA) is 54.9 Å². The highest BCUT2D eigenvalue weighted by atomic mass is 19.1. The molecule has 5 heteroatoms. The summed E-state index contributed by atoms with van der Waals surface area (Å²) in [6, 6.07) is 6.24. The van der Waals surface area contributed by atoms with E-state index >= 15 is 0 Å². The smallest absolute Gasteiger partial charge is 0.228 e. The maximum atomic E-state index is 12.5. The average molecular weight is 231 g/mol. The van der Waals surface area contributed by atoms with Gasteiger partial charge in [0.2, 0.25) is 11.9 Å². The molecule has 2 rings (SSSR count). The van der Waals surface area contributed by atoms with Crippen molar-refractivity contribution < 1.29 is 9.18 Å². The Morgan fingerprint density at radius 1 is 1.29 bits per heavy atom. The highest BCUT2D eigenvalue weighted by Gasteiger charge is 2.04. The molecule has 0 saturated heterocycles. The molecule has 0 aliphatic heterocycles. The van der Waals surface area contributed by atoms with Crippen LogP contribution in [-0.4, -0.2) is 15.9 Å². The third-order valence-electron chi connectivity index (χ3n) is 2.10. The first-order valence-corrected chi connectivity index (χ1v) is 5.04. The van der Waals surface area contributed by atoms with Crippen LogP contribution in [0.15, 0.2) is 42.9 Å². The Labute approximate surface area is 97.5 Å². The molecule has 2 heterocycles. The molecule has 0 aliphatic rings. The Balaban J connectivity index is 1.96. The van der Waals surface area contributed by atoms with Gasteiger partial charge in [0, 0.05) is 12.4 Å². The van der Waals surface area contributed by atoms with E-state index in [1.54, 1.807) is 18.5 Å². The van der Waals surface area contributed by atoms with Gasteiger partial charge in [0.15, 0.2) is 0 Å². The van der Waals surface area contributed by atoms with Gasteiger partial charge >= 0.3 is 0 Å². The van der Waals surface area contributed by atoms with Gasteiger partial charge in [0.05, 0.1) is 18.3 Å². The molecule has 0 saturated carbocycles. The maximum absolute atomic E-state index is 12.5. The van der Waals surface area contributed by atoms with Crippen LogP contribution in [0, 0.1) is 5.95 Å². The van der Waals surface area contributed by atoms with Crippen LogP contribution in [0.25, 0.3) is 0 Å². The van der Waals surface area contributed by atoms with Crippen LogP contribution >= 0.6 is 0 Å². The predicted molar refractivity (Wildman–Crippen MR) is 60.8 cm³/mol. The molecule has 0 bridgehead atoms.